The first kappa shape index (κ1) is 14.2. The van der Waals surface area contributed by atoms with E-state index in [0.717, 1.165) is 23.4 Å². The van der Waals surface area contributed by atoms with Gasteiger partial charge in [0.1, 0.15) is 12.4 Å². The number of alkyl halides is 1. The molecule has 0 saturated heterocycles. The first-order chi connectivity index (χ1) is 9.13. The van der Waals surface area contributed by atoms with Crippen LogP contribution in [0.25, 0.3) is 0 Å². The van der Waals surface area contributed by atoms with Gasteiger partial charge in [0.05, 0.1) is 16.4 Å². The molecule has 0 aliphatic rings. The van der Waals surface area contributed by atoms with Crippen LogP contribution in [0.4, 0.5) is 0 Å². The van der Waals surface area contributed by atoms with E-state index in [1.165, 1.54) is 0 Å². The predicted octanol–water partition coefficient (Wildman–Crippen LogP) is 3.95. The lowest BCUT2D eigenvalue weighted by atomic mass is 10.2. The van der Waals surface area contributed by atoms with Crippen LogP contribution in [0.1, 0.15) is 23.9 Å². The Morgan fingerprint density at radius 3 is 2.68 bits per heavy atom. The zero-order valence-electron chi connectivity index (χ0n) is 11.0. The third kappa shape index (κ3) is 3.43. The minimum Gasteiger partial charge on any atom is -0.486 e. The van der Waals surface area contributed by atoms with Crippen molar-refractivity contribution in [3.8, 4) is 5.75 Å². The second-order valence-electron chi connectivity index (χ2n) is 4.29. The Labute approximate surface area is 123 Å². The van der Waals surface area contributed by atoms with Crippen molar-refractivity contribution in [1.29, 1.82) is 0 Å². The molecule has 2 aromatic rings. The van der Waals surface area contributed by atoms with Crippen molar-refractivity contribution in [2.45, 2.75) is 25.8 Å². The van der Waals surface area contributed by atoms with Crippen molar-refractivity contribution in [2.75, 3.05) is 0 Å². The van der Waals surface area contributed by atoms with Gasteiger partial charge in [-0.3, -0.25) is 4.68 Å². The molecule has 5 heteroatoms. The fraction of sp³-hybridized carbons (Fsp3) is 0.357. The first-order valence-corrected chi connectivity index (χ1v) is 7.04. The molecule has 0 unspecified atom stereocenters. The van der Waals surface area contributed by atoms with E-state index in [0.29, 0.717) is 23.3 Å². The standard InChI is InChI=1S/C14H16Cl2N2O/c1-3-11-7-12(18(2)17-11)9-19-14-5-4-10(8-15)6-13(14)16/h4-7H,3,8-9H2,1-2H3. The summed E-state index contributed by atoms with van der Waals surface area (Å²) in [6.45, 7) is 2.53. The molecule has 19 heavy (non-hydrogen) atoms. The first-order valence-electron chi connectivity index (χ1n) is 6.13. The number of aromatic nitrogens is 2. The Kier molecular flexibility index (Phi) is 4.72. The van der Waals surface area contributed by atoms with Crippen molar-refractivity contribution in [1.82, 2.24) is 9.78 Å². The lowest BCUT2D eigenvalue weighted by Crippen LogP contribution is -2.03. The SMILES string of the molecule is CCc1cc(COc2ccc(CCl)cc2Cl)n(C)n1. The van der Waals surface area contributed by atoms with Crippen LogP contribution in [0.3, 0.4) is 0 Å². The maximum Gasteiger partial charge on any atom is 0.138 e. The lowest BCUT2D eigenvalue weighted by molar-refractivity contribution is 0.295. The summed E-state index contributed by atoms with van der Waals surface area (Å²) >= 11 is 11.9. The van der Waals surface area contributed by atoms with Gasteiger partial charge in [0, 0.05) is 12.9 Å². The molecule has 1 heterocycles. The number of hydrogen-bond acceptors (Lipinski definition) is 2. The van der Waals surface area contributed by atoms with E-state index in [-0.39, 0.29) is 0 Å². The van der Waals surface area contributed by atoms with Gasteiger partial charge < -0.3 is 4.74 Å². The molecule has 0 radical (unpaired) electrons. The number of hydrogen-bond donors (Lipinski definition) is 0. The Morgan fingerprint density at radius 1 is 1.32 bits per heavy atom. The molecular weight excluding hydrogens is 283 g/mol. The Morgan fingerprint density at radius 2 is 2.11 bits per heavy atom. The van der Waals surface area contributed by atoms with Crippen molar-refractivity contribution in [3.05, 3.63) is 46.2 Å². The highest BCUT2D eigenvalue weighted by Gasteiger charge is 2.07. The van der Waals surface area contributed by atoms with Gasteiger partial charge in [-0.15, -0.1) is 11.6 Å². The van der Waals surface area contributed by atoms with Crippen LogP contribution in [-0.2, 0) is 26.0 Å². The maximum absolute atomic E-state index is 6.14. The van der Waals surface area contributed by atoms with E-state index in [1.54, 1.807) is 0 Å². The number of halogens is 2. The molecule has 1 aromatic heterocycles. The van der Waals surface area contributed by atoms with Crippen LogP contribution >= 0.6 is 23.2 Å². The van der Waals surface area contributed by atoms with E-state index < -0.39 is 0 Å². The topological polar surface area (TPSA) is 27.1 Å². The lowest BCUT2D eigenvalue weighted by Gasteiger charge is -2.09. The highest BCUT2D eigenvalue weighted by molar-refractivity contribution is 6.32. The summed E-state index contributed by atoms with van der Waals surface area (Å²) < 4.78 is 7.56. The average Bonchev–Trinajstić information content (AvgIpc) is 2.78. The van der Waals surface area contributed by atoms with Crippen LogP contribution in [0.15, 0.2) is 24.3 Å². The van der Waals surface area contributed by atoms with Gasteiger partial charge >= 0.3 is 0 Å². The molecule has 102 valence electrons. The molecular formula is C14H16Cl2N2O. The fourth-order valence-electron chi connectivity index (χ4n) is 1.78. The van der Waals surface area contributed by atoms with E-state index in [4.69, 9.17) is 27.9 Å². The summed E-state index contributed by atoms with van der Waals surface area (Å²) in [6, 6.07) is 7.62. The van der Waals surface area contributed by atoms with Crippen molar-refractivity contribution in [2.24, 2.45) is 7.05 Å². The highest BCUT2D eigenvalue weighted by Crippen LogP contribution is 2.26. The zero-order valence-corrected chi connectivity index (χ0v) is 12.5. The Balaban J connectivity index is 2.07. The number of benzene rings is 1. The van der Waals surface area contributed by atoms with E-state index in [1.807, 2.05) is 36.0 Å². The van der Waals surface area contributed by atoms with Crippen molar-refractivity contribution < 1.29 is 4.74 Å². The molecule has 0 atom stereocenters. The van der Waals surface area contributed by atoms with Crippen LogP contribution in [0.5, 0.6) is 5.75 Å². The maximum atomic E-state index is 6.14. The number of ether oxygens (including phenoxy) is 1. The van der Waals surface area contributed by atoms with Crippen molar-refractivity contribution >= 4 is 23.2 Å². The van der Waals surface area contributed by atoms with E-state index in [2.05, 4.69) is 12.0 Å². The largest absolute Gasteiger partial charge is 0.486 e. The van der Waals surface area contributed by atoms with E-state index in [9.17, 15) is 0 Å². The summed E-state index contributed by atoms with van der Waals surface area (Å²) in [5.74, 6) is 1.11. The van der Waals surface area contributed by atoms with Crippen LogP contribution in [-0.4, -0.2) is 9.78 Å². The minimum atomic E-state index is 0.446. The van der Waals surface area contributed by atoms with Gasteiger partial charge in [-0.05, 0) is 30.2 Å². The van der Waals surface area contributed by atoms with E-state index >= 15 is 0 Å². The predicted molar refractivity (Wildman–Crippen MR) is 77.9 cm³/mol. The van der Waals surface area contributed by atoms with Crippen molar-refractivity contribution in [3.63, 3.8) is 0 Å². The number of rotatable bonds is 5. The molecule has 0 aliphatic heterocycles. The Hall–Kier alpha value is -1.19. The summed E-state index contributed by atoms with van der Waals surface area (Å²) in [4.78, 5) is 0. The van der Waals surface area contributed by atoms with Gasteiger partial charge in [0.25, 0.3) is 0 Å². The van der Waals surface area contributed by atoms with Gasteiger partial charge in [-0.25, -0.2) is 0 Å². The van der Waals surface area contributed by atoms with Gasteiger partial charge in [0.2, 0.25) is 0 Å². The quantitative estimate of drug-likeness (QED) is 0.782. The third-order valence-electron chi connectivity index (χ3n) is 2.92. The smallest absolute Gasteiger partial charge is 0.138 e. The van der Waals surface area contributed by atoms with Gasteiger partial charge in [0.15, 0.2) is 0 Å². The molecule has 0 fully saturated rings. The third-order valence-corrected chi connectivity index (χ3v) is 3.52. The zero-order chi connectivity index (χ0) is 13.8. The second-order valence-corrected chi connectivity index (χ2v) is 4.97. The normalized spacial score (nSPS) is 10.7. The summed E-state index contributed by atoms with van der Waals surface area (Å²) in [5, 5.41) is 4.96. The second kappa shape index (κ2) is 6.31. The minimum absolute atomic E-state index is 0.446. The molecule has 0 spiro atoms. The Bertz CT molecular complexity index is 567. The van der Waals surface area contributed by atoms with Gasteiger partial charge in [-0.1, -0.05) is 24.6 Å². The molecule has 0 N–H and O–H groups in total. The molecule has 0 amide bonds. The molecule has 2 rings (SSSR count). The molecule has 0 bridgehead atoms. The van der Waals surface area contributed by atoms with Gasteiger partial charge in [-0.2, -0.15) is 5.10 Å². The molecule has 3 nitrogen and oxygen atoms in total. The highest BCUT2D eigenvalue weighted by atomic mass is 35.5. The summed E-state index contributed by atoms with van der Waals surface area (Å²) in [6.07, 6.45) is 0.916. The average molecular weight is 299 g/mol. The van der Waals surface area contributed by atoms with Crippen LogP contribution in [0.2, 0.25) is 5.02 Å². The molecule has 0 aliphatic carbocycles. The number of nitrogens with zero attached hydrogens (tertiary/aromatic N) is 2. The fourth-order valence-corrected chi connectivity index (χ4v) is 2.20. The number of aryl methyl sites for hydroxylation is 2. The summed E-state index contributed by atoms with van der Waals surface area (Å²) in [7, 11) is 1.91. The monoisotopic (exact) mass is 298 g/mol. The van der Waals surface area contributed by atoms with Crippen LogP contribution < -0.4 is 4.74 Å². The molecule has 0 saturated carbocycles. The van der Waals surface area contributed by atoms with Crippen LogP contribution in [0, 0.1) is 0 Å². The summed E-state index contributed by atoms with van der Waals surface area (Å²) in [5.41, 5.74) is 3.06. The molecule has 1 aromatic carbocycles.